The van der Waals surface area contributed by atoms with Crippen molar-refractivity contribution in [1.82, 2.24) is 4.72 Å². The summed E-state index contributed by atoms with van der Waals surface area (Å²) in [5.74, 6) is 0.247. The van der Waals surface area contributed by atoms with E-state index in [1.807, 2.05) is 20.8 Å². The average Bonchev–Trinajstić information content (AvgIpc) is 2.35. The highest BCUT2D eigenvalue weighted by Gasteiger charge is 2.21. The lowest BCUT2D eigenvalue weighted by atomic mass is 10.0. The second-order valence-electron chi connectivity index (χ2n) is 5.13. The molecule has 2 unspecified atom stereocenters. The van der Waals surface area contributed by atoms with Crippen molar-refractivity contribution in [2.75, 3.05) is 0 Å². The van der Waals surface area contributed by atoms with Gasteiger partial charge in [0.15, 0.2) is 0 Å². The molecule has 0 radical (unpaired) electrons. The maximum Gasteiger partial charge on any atom is 0.240 e. The number of rotatable bonds is 6. The van der Waals surface area contributed by atoms with Gasteiger partial charge in [-0.25, -0.2) is 13.1 Å². The van der Waals surface area contributed by atoms with Gasteiger partial charge in [-0.05, 0) is 37.0 Å². The zero-order chi connectivity index (χ0) is 14.6. The minimum atomic E-state index is -3.49. The Hall–Kier alpha value is -0.910. The fourth-order valence-electron chi connectivity index (χ4n) is 1.88. The third-order valence-corrected chi connectivity index (χ3v) is 4.73. The van der Waals surface area contributed by atoms with Crippen LogP contribution in [0.1, 0.15) is 45.8 Å². The maximum absolute atomic E-state index is 12.2. The van der Waals surface area contributed by atoms with Gasteiger partial charge in [-0.15, -0.1) is 0 Å². The number of nitrogens with one attached hydrogen (secondary N) is 1. The second-order valence-corrected chi connectivity index (χ2v) is 6.84. The summed E-state index contributed by atoms with van der Waals surface area (Å²) in [5.41, 5.74) is 0.704. The first-order valence-corrected chi connectivity index (χ1v) is 8.06. The van der Waals surface area contributed by atoms with Crippen molar-refractivity contribution in [2.24, 2.45) is 5.92 Å². The molecule has 1 aromatic carbocycles. The Morgan fingerprint density at radius 3 is 2.05 bits per heavy atom. The Kier molecular flexibility index (Phi) is 5.52. The van der Waals surface area contributed by atoms with E-state index in [2.05, 4.69) is 4.72 Å². The Morgan fingerprint density at radius 2 is 1.68 bits per heavy atom. The van der Waals surface area contributed by atoms with Gasteiger partial charge in [-0.3, -0.25) is 0 Å². The number of benzene rings is 1. The molecule has 0 aliphatic heterocycles. The van der Waals surface area contributed by atoms with Gasteiger partial charge in [0.25, 0.3) is 0 Å². The normalized spacial score (nSPS) is 15.5. The summed E-state index contributed by atoms with van der Waals surface area (Å²) in [6.45, 7) is 7.60. The Bertz CT molecular complexity index is 492. The van der Waals surface area contributed by atoms with Crippen LogP contribution in [0.5, 0.6) is 0 Å². The first-order chi connectivity index (χ1) is 8.77. The van der Waals surface area contributed by atoms with E-state index >= 15 is 0 Å². The molecule has 0 saturated heterocycles. The van der Waals surface area contributed by atoms with Crippen LogP contribution in [0.3, 0.4) is 0 Å². The molecule has 0 aliphatic rings. The van der Waals surface area contributed by atoms with Crippen molar-refractivity contribution in [1.29, 1.82) is 0 Å². The zero-order valence-electron chi connectivity index (χ0n) is 11.9. The van der Waals surface area contributed by atoms with Crippen LogP contribution in [0.25, 0.3) is 0 Å². The zero-order valence-corrected chi connectivity index (χ0v) is 12.7. The second kappa shape index (κ2) is 6.50. The first-order valence-electron chi connectivity index (χ1n) is 6.58. The molecule has 0 aliphatic carbocycles. The van der Waals surface area contributed by atoms with Crippen LogP contribution in [0.2, 0.25) is 0 Å². The van der Waals surface area contributed by atoms with Gasteiger partial charge in [0.1, 0.15) is 0 Å². The molecule has 2 atom stereocenters. The van der Waals surface area contributed by atoms with E-state index in [1.54, 1.807) is 19.1 Å². The molecule has 0 saturated carbocycles. The van der Waals surface area contributed by atoms with Gasteiger partial charge >= 0.3 is 0 Å². The molecule has 5 heteroatoms. The SMILES string of the molecule is CCC(NS(=O)(=O)c1ccc(C(C)O)cc1)C(C)C. The molecule has 2 N–H and O–H groups in total. The molecule has 0 aromatic heterocycles. The summed E-state index contributed by atoms with van der Waals surface area (Å²) in [5, 5.41) is 9.41. The van der Waals surface area contributed by atoms with Gasteiger partial charge in [0.2, 0.25) is 10.0 Å². The van der Waals surface area contributed by atoms with Crippen molar-refractivity contribution < 1.29 is 13.5 Å². The third kappa shape index (κ3) is 4.30. The van der Waals surface area contributed by atoms with E-state index in [9.17, 15) is 13.5 Å². The lowest BCUT2D eigenvalue weighted by Crippen LogP contribution is -2.37. The number of aliphatic hydroxyl groups excluding tert-OH is 1. The Labute approximate surface area is 115 Å². The van der Waals surface area contributed by atoms with Crippen LogP contribution in [-0.2, 0) is 10.0 Å². The Morgan fingerprint density at radius 1 is 1.16 bits per heavy atom. The van der Waals surface area contributed by atoms with Gasteiger partial charge in [-0.2, -0.15) is 0 Å². The monoisotopic (exact) mass is 285 g/mol. The van der Waals surface area contributed by atoms with E-state index in [-0.39, 0.29) is 16.9 Å². The van der Waals surface area contributed by atoms with Crippen molar-refractivity contribution in [3.8, 4) is 0 Å². The molecule has 0 heterocycles. The number of sulfonamides is 1. The highest BCUT2D eigenvalue weighted by Crippen LogP contribution is 2.17. The topological polar surface area (TPSA) is 66.4 Å². The molecule has 0 bridgehead atoms. The summed E-state index contributed by atoms with van der Waals surface area (Å²) in [6, 6.07) is 6.25. The molecule has 19 heavy (non-hydrogen) atoms. The summed E-state index contributed by atoms with van der Waals surface area (Å²) in [7, 11) is -3.49. The standard InChI is InChI=1S/C14H23NO3S/c1-5-14(10(2)3)15-19(17,18)13-8-6-12(7-9-13)11(4)16/h6-11,14-16H,5H2,1-4H3. The van der Waals surface area contributed by atoms with Gasteiger partial charge in [0.05, 0.1) is 11.0 Å². The molecule has 0 fully saturated rings. The predicted molar refractivity (Wildman–Crippen MR) is 76.3 cm³/mol. The number of aliphatic hydroxyl groups is 1. The smallest absolute Gasteiger partial charge is 0.240 e. The molecule has 108 valence electrons. The molecule has 1 aromatic rings. The van der Waals surface area contributed by atoms with E-state index < -0.39 is 16.1 Å². The molecule has 1 rings (SSSR count). The summed E-state index contributed by atoms with van der Waals surface area (Å²) < 4.78 is 27.1. The van der Waals surface area contributed by atoms with Crippen LogP contribution in [0, 0.1) is 5.92 Å². The van der Waals surface area contributed by atoms with Crippen LogP contribution >= 0.6 is 0 Å². The van der Waals surface area contributed by atoms with E-state index in [0.717, 1.165) is 6.42 Å². The molecular formula is C14H23NO3S. The van der Waals surface area contributed by atoms with Gasteiger partial charge < -0.3 is 5.11 Å². The minimum absolute atomic E-state index is 0.0681. The van der Waals surface area contributed by atoms with E-state index in [0.29, 0.717) is 5.56 Å². The van der Waals surface area contributed by atoms with Crippen LogP contribution in [0.15, 0.2) is 29.2 Å². The van der Waals surface area contributed by atoms with E-state index in [1.165, 1.54) is 12.1 Å². The van der Waals surface area contributed by atoms with Crippen molar-refractivity contribution >= 4 is 10.0 Å². The first kappa shape index (κ1) is 16.1. The third-order valence-electron chi connectivity index (χ3n) is 3.22. The van der Waals surface area contributed by atoms with Crippen molar-refractivity contribution in [3.63, 3.8) is 0 Å². The van der Waals surface area contributed by atoms with Crippen molar-refractivity contribution in [2.45, 2.75) is 51.2 Å². The summed E-state index contributed by atoms with van der Waals surface area (Å²) in [6.07, 6.45) is 0.159. The lowest BCUT2D eigenvalue weighted by Gasteiger charge is -2.20. The van der Waals surface area contributed by atoms with Gasteiger partial charge in [-0.1, -0.05) is 32.9 Å². The summed E-state index contributed by atoms with van der Waals surface area (Å²) >= 11 is 0. The maximum atomic E-state index is 12.2. The van der Waals surface area contributed by atoms with Gasteiger partial charge in [0, 0.05) is 6.04 Å². The highest BCUT2D eigenvalue weighted by molar-refractivity contribution is 7.89. The minimum Gasteiger partial charge on any atom is -0.389 e. The molecular weight excluding hydrogens is 262 g/mol. The quantitative estimate of drug-likeness (QED) is 0.843. The van der Waals surface area contributed by atoms with E-state index in [4.69, 9.17) is 0 Å². The Balaban J connectivity index is 2.94. The van der Waals surface area contributed by atoms with Crippen LogP contribution in [-0.4, -0.2) is 19.6 Å². The predicted octanol–water partition coefficient (Wildman–Crippen LogP) is 2.45. The number of hydrogen-bond donors (Lipinski definition) is 2. The largest absolute Gasteiger partial charge is 0.389 e. The highest BCUT2D eigenvalue weighted by atomic mass is 32.2. The molecule has 0 spiro atoms. The fourth-order valence-corrected chi connectivity index (χ4v) is 3.35. The fraction of sp³-hybridized carbons (Fsp3) is 0.571. The van der Waals surface area contributed by atoms with Crippen molar-refractivity contribution in [3.05, 3.63) is 29.8 Å². The molecule has 0 amide bonds. The molecule has 4 nitrogen and oxygen atoms in total. The van der Waals surface area contributed by atoms with Crippen LogP contribution < -0.4 is 4.72 Å². The number of hydrogen-bond acceptors (Lipinski definition) is 3. The lowest BCUT2D eigenvalue weighted by molar-refractivity contribution is 0.199. The van der Waals surface area contributed by atoms with Crippen LogP contribution in [0.4, 0.5) is 0 Å². The summed E-state index contributed by atoms with van der Waals surface area (Å²) in [4.78, 5) is 0.232. The average molecular weight is 285 g/mol.